The molecule has 0 bridgehead atoms. The third-order valence-corrected chi connectivity index (χ3v) is 15.3. The van der Waals surface area contributed by atoms with Crippen LogP contribution in [0.2, 0.25) is 0 Å². The summed E-state index contributed by atoms with van der Waals surface area (Å²) in [6.07, 6.45) is 8.98. The topological polar surface area (TPSA) is 28.0 Å². The highest BCUT2D eigenvalue weighted by molar-refractivity contribution is 6.14. The highest BCUT2D eigenvalue weighted by Gasteiger charge is 2.61. The SMILES string of the molecule is CN1C(c2cc(-c3ccccc3)cc(-c3ccccc3)c2)=NC(c2ccc3c(c2)C2(c4ccccc4-3)c3ccccc3C3(C)C=CC=CC32)=NC1c1cc(-c2ccccc2)cc(-c2ccccc2)c1. The van der Waals surface area contributed by atoms with Gasteiger partial charge in [-0.05, 0) is 126 Å². The van der Waals surface area contributed by atoms with Gasteiger partial charge in [0.2, 0.25) is 0 Å². The van der Waals surface area contributed by atoms with Crippen LogP contribution in [0, 0.1) is 5.92 Å². The maximum Gasteiger partial charge on any atom is 0.159 e. The summed E-state index contributed by atoms with van der Waals surface area (Å²) in [5, 5.41) is 0. The van der Waals surface area contributed by atoms with Gasteiger partial charge in [-0.3, -0.25) is 0 Å². The summed E-state index contributed by atoms with van der Waals surface area (Å²) < 4.78 is 0. The molecule has 4 unspecified atom stereocenters. The summed E-state index contributed by atoms with van der Waals surface area (Å²) >= 11 is 0. The number of fused-ring (bicyclic) bond motifs is 10. The van der Waals surface area contributed by atoms with E-state index in [2.05, 4.69) is 268 Å². The molecular weight excluding hydrogens is 835 g/mol. The van der Waals surface area contributed by atoms with E-state index >= 15 is 0 Å². The molecule has 0 amide bonds. The van der Waals surface area contributed by atoms with Gasteiger partial charge >= 0.3 is 0 Å². The van der Waals surface area contributed by atoms with E-state index in [0.717, 1.165) is 67.0 Å². The molecule has 9 aromatic rings. The summed E-state index contributed by atoms with van der Waals surface area (Å²) in [7, 11) is 2.16. The molecule has 69 heavy (non-hydrogen) atoms. The third-order valence-electron chi connectivity index (χ3n) is 15.3. The summed E-state index contributed by atoms with van der Waals surface area (Å²) in [6, 6.07) is 82.0. The number of hydrogen-bond donors (Lipinski definition) is 0. The Morgan fingerprint density at radius 2 is 0.884 bits per heavy atom. The van der Waals surface area contributed by atoms with Gasteiger partial charge in [-0.2, -0.15) is 0 Å². The largest absolute Gasteiger partial charge is 0.333 e. The van der Waals surface area contributed by atoms with Crippen LogP contribution >= 0.6 is 0 Å². The number of allylic oxidation sites excluding steroid dienone is 4. The third kappa shape index (κ3) is 6.49. The fourth-order valence-electron chi connectivity index (χ4n) is 12.1. The van der Waals surface area contributed by atoms with Gasteiger partial charge in [0.1, 0.15) is 5.84 Å². The van der Waals surface area contributed by atoms with E-state index in [1.54, 1.807) is 0 Å². The summed E-state index contributed by atoms with van der Waals surface area (Å²) in [5.41, 5.74) is 19.7. The Hall–Kier alpha value is -8.40. The molecule has 3 aliphatic carbocycles. The van der Waals surface area contributed by atoms with E-state index < -0.39 is 11.6 Å². The van der Waals surface area contributed by atoms with Crippen molar-refractivity contribution in [3.63, 3.8) is 0 Å². The van der Waals surface area contributed by atoms with Gasteiger partial charge in [-0.1, -0.05) is 213 Å². The molecule has 3 heteroatoms. The van der Waals surface area contributed by atoms with Crippen LogP contribution in [0.3, 0.4) is 0 Å². The molecule has 3 nitrogen and oxygen atoms in total. The summed E-state index contributed by atoms with van der Waals surface area (Å²) in [4.78, 5) is 13.8. The standard InChI is InChI=1S/C66H49N3/c1-65-36-20-19-33-61(65)66(59-32-18-17-31-58(59)65)57-30-16-15-29-55(57)56-35-34-48(43-60(56)66)62-67-63(53-39-49(44-21-7-3-8-22-44)37-50(40-53)45-23-9-4-10-24-45)69(2)64(68-62)54-41-51(46-25-11-5-12-26-46)38-52(42-54)47-27-13-6-14-28-47/h3-43,61,63H,1-2H3. The van der Waals surface area contributed by atoms with Crippen molar-refractivity contribution in [2.75, 3.05) is 7.05 Å². The van der Waals surface area contributed by atoms with Crippen molar-refractivity contribution in [1.82, 2.24) is 4.90 Å². The van der Waals surface area contributed by atoms with Crippen LogP contribution in [0.1, 0.15) is 52.0 Å². The maximum atomic E-state index is 5.77. The van der Waals surface area contributed by atoms with E-state index in [4.69, 9.17) is 9.98 Å². The zero-order chi connectivity index (χ0) is 46.1. The zero-order valence-electron chi connectivity index (χ0n) is 38.7. The number of rotatable bonds is 7. The van der Waals surface area contributed by atoms with Crippen molar-refractivity contribution in [2.24, 2.45) is 15.9 Å². The highest BCUT2D eigenvalue weighted by Crippen LogP contribution is 2.67. The second-order valence-electron chi connectivity index (χ2n) is 19.1. The molecule has 1 aliphatic heterocycles. The number of benzene rings is 9. The lowest BCUT2D eigenvalue weighted by atomic mass is 9.61. The maximum absolute atomic E-state index is 5.77. The van der Waals surface area contributed by atoms with Crippen LogP contribution < -0.4 is 0 Å². The van der Waals surface area contributed by atoms with Gasteiger partial charge in [-0.15, -0.1) is 0 Å². The monoisotopic (exact) mass is 883 g/mol. The second kappa shape index (κ2) is 16.1. The lowest BCUT2D eigenvalue weighted by molar-refractivity contribution is 0.372. The van der Waals surface area contributed by atoms with Crippen molar-refractivity contribution in [2.45, 2.75) is 23.9 Å². The van der Waals surface area contributed by atoms with E-state index in [1.807, 2.05) is 0 Å². The molecule has 9 aromatic carbocycles. The van der Waals surface area contributed by atoms with Gasteiger partial charge in [-0.25, -0.2) is 9.98 Å². The fraction of sp³-hybridized carbons (Fsp3) is 0.0909. The summed E-state index contributed by atoms with van der Waals surface area (Å²) in [5.74, 6) is 1.75. The first-order valence-corrected chi connectivity index (χ1v) is 24.1. The first kappa shape index (κ1) is 40.8. The first-order chi connectivity index (χ1) is 34.0. The van der Waals surface area contributed by atoms with Crippen LogP contribution in [-0.4, -0.2) is 23.6 Å². The minimum atomic E-state index is -0.407. The highest BCUT2D eigenvalue weighted by atomic mass is 15.3. The van der Waals surface area contributed by atoms with E-state index in [-0.39, 0.29) is 11.3 Å². The summed E-state index contributed by atoms with van der Waals surface area (Å²) in [6.45, 7) is 2.43. The van der Waals surface area contributed by atoms with Crippen LogP contribution in [0.5, 0.6) is 0 Å². The molecule has 0 aromatic heterocycles. The van der Waals surface area contributed by atoms with Gasteiger partial charge < -0.3 is 4.90 Å². The Bertz CT molecular complexity index is 3470. The number of nitrogens with zero attached hydrogens (tertiary/aromatic N) is 3. The lowest BCUT2D eigenvalue weighted by Gasteiger charge is -2.40. The Morgan fingerprint density at radius 3 is 1.46 bits per heavy atom. The predicted octanol–water partition coefficient (Wildman–Crippen LogP) is 15.5. The smallest absolute Gasteiger partial charge is 0.159 e. The minimum Gasteiger partial charge on any atom is -0.333 e. The Balaban J connectivity index is 1.05. The molecule has 328 valence electrons. The van der Waals surface area contributed by atoms with Gasteiger partial charge in [0, 0.05) is 29.5 Å². The Kier molecular flexibility index (Phi) is 9.55. The minimum absolute atomic E-state index is 0.172. The van der Waals surface area contributed by atoms with Crippen LogP contribution in [0.4, 0.5) is 0 Å². The second-order valence-corrected chi connectivity index (χ2v) is 19.1. The predicted molar refractivity (Wildman–Crippen MR) is 286 cm³/mol. The Morgan fingerprint density at radius 1 is 0.406 bits per heavy atom. The number of hydrogen-bond acceptors (Lipinski definition) is 3. The van der Waals surface area contributed by atoms with Crippen LogP contribution in [0.25, 0.3) is 55.6 Å². The molecule has 4 aliphatic rings. The average molecular weight is 884 g/mol. The first-order valence-electron chi connectivity index (χ1n) is 24.1. The van der Waals surface area contributed by atoms with Crippen LogP contribution in [0.15, 0.2) is 259 Å². The van der Waals surface area contributed by atoms with Gasteiger partial charge in [0.05, 0.1) is 5.41 Å². The van der Waals surface area contributed by atoms with Crippen molar-refractivity contribution >= 4 is 11.7 Å². The van der Waals surface area contributed by atoms with Gasteiger partial charge in [0.15, 0.2) is 12.0 Å². The normalized spacial score (nSPS) is 20.5. The molecule has 0 saturated carbocycles. The number of aliphatic imine (C=N–C) groups is 2. The molecule has 1 heterocycles. The number of amidine groups is 2. The van der Waals surface area contributed by atoms with E-state index in [9.17, 15) is 0 Å². The van der Waals surface area contributed by atoms with Crippen LogP contribution in [-0.2, 0) is 10.8 Å². The molecule has 0 saturated heterocycles. The Labute approximate surface area is 404 Å². The molecule has 4 atom stereocenters. The molecular formula is C66H49N3. The van der Waals surface area contributed by atoms with Crippen molar-refractivity contribution in [3.8, 4) is 55.6 Å². The van der Waals surface area contributed by atoms with Crippen molar-refractivity contribution in [3.05, 3.63) is 288 Å². The lowest BCUT2D eigenvalue weighted by Crippen LogP contribution is -2.39. The zero-order valence-corrected chi connectivity index (χ0v) is 38.7. The van der Waals surface area contributed by atoms with Crippen molar-refractivity contribution < 1.29 is 0 Å². The molecule has 0 fully saturated rings. The molecule has 1 spiro atoms. The quantitative estimate of drug-likeness (QED) is 0.157. The van der Waals surface area contributed by atoms with E-state index in [0.29, 0.717) is 5.84 Å². The van der Waals surface area contributed by atoms with E-state index in [1.165, 1.54) is 33.4 Å². The van der Waals surface area contributed by atoms with Gasteiger partial charge in [0.25, 0.3) is 0 Å². The molecule has 0 N–H and O–H groups in total. The molecule has 13 rings (SSSR count). The molecule has 0 radical (unpaired) electrons. The fourth-order valence-corrected chi connectivity index (χ4v) is 12.1. The van der Waals surface area contributed by atoms with Crippen molar-refractivity contribution in [1.29, 1.82) is 0 Å². The average Bonchev–Trinajstić information content (AvgIpc) is 3.85.